The van der Waals surface area contributed by atoms with Crippen molar-refractivity contribution in [1.29, 1.82) is 0 Å². The lowest BCUT2D eigenvalue weighted by molar-refractivity contribution is 0.100. The number of hydrogen-bond donors (Lipinski definition) is 2. The number of aryl methyl sites for hydroxylation is 1. The molecule has 0 radical (unpaired) electrons. The molecular weight excluding hydrogens is 282 g/mol. The zero-order chi connectivity index (χ0) is 15.1. The van der Waals surface area contributed by atoms with Crippen LogP contribution in [0.1, 0.15) is 29.1 Å². The number of fused-ring (bicyclic) bond motifs is 1. The number of amides is 1. The molecule has 1 aromatic heterocycles. The molecule has 112 valence electrons. The fraction of sp³-hybridized carbons (Fsp3) is 0.438. The molecule has 1 fully saturated rings. The van der Waals surface area contributed by atoms with Gasteiger partial charge in [0.1, 0.15) is 0 Å². The van der Waals surface area contributed by atoms with Gasteiger partial charge in [-0.15, -0.1) is 11.3 Å². The van der Waals surface area contributed by atoms with Crippen molar-refractivity contribution in [2.24, 2.45) is 5.73 Å². The second-order valence-corrected chi connectivity index (χ2v) is 7.21. The molecule has 3 rings (SSSR count). The van der Waals surface area contributed by atoms with Crippen LogP contribution in [-0.4, -0.2) is 31.1 Å². The Morgan fingerprint density at radius 1 is 1.33 bits per heavy atom. The third-order valence-corrected chi connectivity index (χ3v) is 5.10. The van der Waals surface area contributed by atoms with Gasteiger partial charge in [0, 0.05) is 45.8 Å². The van der Waals surface area contributed by atoms with Crippen LogP contribution in [0, 0.1) is 6.92 Å². The molecule has 0 saturated carbocycles. The van der Waals surface area contributed by atoms with E-state index in [0.29, 0.717) is 17.6 Å². The molecule has 5 heteroatoms. The Labute approximate surface area is 128 Å². The quantitative estimate of drug-likeness (QED) is 0.896. The second kappa shape index (κ2) is 5.31. The Morgan fingerprint density at radius 3 is 2.62 bits per heavy atom. The number of anilines is 1. The maximum Gasteiger partial charge on any atom is 0.250 e. The first-order chi connectivity index (χ1) is 9.95. The highest BCUT2D eigenvalue weighted by atomic mass is 32.1. The van der Waals surface area contributed by atoms with Gasteiger partial charge in [-0.05, 0) is 39.0 Å². The fourth-order valence-electron chi connectivity index (χ4n) is 3.25. The second-order valence-electron chi connectivity index (χ2n) is 5.95. The summed E-state index contributed by atoms with van der Waals surface area (Å²) in [5, 5.41) is 4.52. The van der Waals surface area contributed by atoms with Crippen molar-refractivity contribution in [2.45, 2.75) is 32.9 Å². The number of hydrogen-bond acceptors (Lipinski definition) is 4. The van der Waals surface area contributed by atoms with Crippen LogP contribution in [0.15, 0.2) is 18.2 Å². The van der Waals surface area contributed by atoms with E-state index in [4.69, 9.17) is 5.73 Å². The average Bonchev–Trinajstić information content (AvgIpc) is 2.72. The van der Waals surface area contributed by atoms with Crippen LogP contribution in [-0.2, 0) is 0 Å². The van der Waals surface area contributed by atoms with Gasteiger partial charge < -0.3 is 16.0 Å². The largest absolute Gasteiger partial charge is 0.368 e. The monoisotopic (exact) mass is 303 g/mol. The molecule has 1 amide bonds. The predicted molar refractivity (Wildman–Crippen MR) is 89.4 cm³/mol. The maximum atomic E-state index is 11.7. The maximum absolute atomic E-state index is 11.7. The highest BCUT2D eigenvalue weighted by Gasteiger charge is 2.22. The molecular formula is C16H21N3OS. The molecule has 4 nitrogen and oxygen atoms in total. The summed E-state index contributed by atoms with van der Waals surface area (Å²) in [5.74, 6) is -0.335. The Balaban J connectivity index is 2.04. The predicted octanol–water partition coefficient (Wildman–Crippen LogP) is 2.50. The van der Waals surface area contributed by atoms with Gasteiger partial charge in [-0.1, -0.05) is 0 Å². The summed E-state index contributed by atoms with van der Waals surface area (Å²) in [7, 11) is 0. The van der Waals surface area contributed by atoms with E-state index in [1.165, 1.54) is 5.69 Å². The first kappa shape index (κ1) is 14.4. The molecule has 2 atom stereocenters. The Morgan fingerprint density at radius 2 is 2.00 bits per heavy atom. The van der Waals surface area contributed by atoms with Crippen LogP contribution in [0.3, 0.4) is 0 Å². The van der Waals surface area contributed by atoms with Crippen LogP contribution in [0.4, 0.5) is 5.69 Å². The zero-order valence-corrected chi connectivity index (χ0v) is 13.5. The topological polar surface area (TPSA) is 58.4 Å². The van der Waals surface area contributed by atoms with E-state index in [1.807, 2.05) is 6.92 Å². The molecule has 1 aromatic carbocycles. The molecule has 1 saturated heterocycles. The molecule has 0 bridgehead atoms. The molecule has 0 unspecified atom stereocenters. The van der Waals surface area contributed by atoms with Crippen molar-refractivity contribution < 1.29 is 4.79 Å². The highest BCUT2D eigenvalue weighted by Crippen LogP contribution is 2.33. The van der Waals surface area contributed by atoms with Gasteiger partial charge in [-0.3, -0.25) is 4.79 Å². The fourth-order valence-corrected chi connectivity index (χ4v) is 4.30. The molecule has 3 N–H and O–H groups in total. The number of nitrogens with two attached hydrogens (primary N) is 1. The number of primary amides is 1. The lowest BCUT2D eigenvalue weighted by Gasteiger charge is -2.37. The van der Waals surface area contributed by atoms with Crippen LogP contribution in [0.5, 0.6) is 0 Å². The van der Waals surface area contributed by atoms with E-state index in [-0.39, 0.29) is 5.91 Å². The van der Waals surface area contributed by atoms with E-state index in [0.717, 1.165) is 28.1 Å². The standard InChI is InChI=1S/C16H21N3OS/c1-9-7-19(8-10(2)18-9)12-4-5-14-13(6-12)15(16(17)20)11(3)21-14/h4-6,9-10,18H,7-8H2,1-3H3,(H2,17,20)/t9-,10+. The molecule has 0 aliphatic carbocycles. The van der Waals surface area contributed by atoms with Gasteiger partial charge in [-0.2, -0.15) is 0 Å². The summed E-state index contributed by atoms with van der Waals surface area (Å²) >= 11 is 1.63. The Hall–Kier alpha value is -1.59. The number of carbonyl (C=O) groups excluding carboxylic acids is 1. The first-order valence-corrected chi connectivity index (χ1v) is 8.11. The minimum atomic E-state index is -0.335. The number of piperazine rings is 1. The summed E-state index contributed by atoms with van der Waals surface area (Å²) < 4.78 is 1.13. The Kier molecular flexibility index (Phi) is 3.63. The number of nitrogens with one attached hydrogen (secondary N) is 1. The molecule has 2 heterocycles. The number of thiophene rings is 1. The molecule has 0 spiro atoms. The SMILES string of the molecule is Cc1sc2ccc(N3C[C@@H](C)N[C@@H](C)C3)cc2c1C(N)=O. The number of carbonyl (C=O) groups is 1. The normalized spacial score (nSPS) is 22.7. The smallest absolute Gasteiger partial charge is 0.250 e. The molecule has 2 aromatic rings. The minimum absolute atomic E-state index is 0.335. The molecule has 1 aliphatic heterocycles. The van der Waals surface area contributed by atoms with Gasteiger partial charge >= 0.3 is 0 Å². The van der Waals surface area contributed by atoms with Gasteiger partial charge in [0.15, 0.2) is 0 Å². The van der Waals surface area contributed by atoms with Crippen LogP contribution < -0.4 is 16.0 Å². The van der Waals surface area contributed by atoms with Gasteiger partial charge in [0.25, 0.3) is 0 Å². The zero-order valence-electron chi connectivity index (χ0n) is 12.6. The van der Waals surface area contributed by atoms with E-state index in [1.54, 1.807) is 11.3 Å². The summed E-state index contributed by atoms with van der Waals surface area (Å²) in [6.07, 6.45) is 0. The van der Waals surface area contributed by atoms with Crippen molar-refractivity contribution in [3.8, 4) is 0 Å². The third kappa shape index (κ3) is 2.63. The number of benzene rings is 1. The number of rotatable bonds is 2. The summed E-state index contributed by atoms with van der Waals surface area (Å²) in [4.78, 5) is 15.1. The highest BCUT2D eigenvalue weighted by molar-refractivity contribution is 7.19. The van der Waals surface area contributed by atoms with Crippen molar-refractivity contribution >= 4 is 33.0 Å². The molecule has 1 aliphatic rings. The lowest BCUT2D eigenvalue weighted by Crippen LogP contribution is -2.54. The van der Waals surface area contributed by atoms with Crippen LogP contribution in [0.25, 0.3) is 10.1 Å². The van der Waals surface area contributed by atoms with Crippen molar-refractivity contribution in [1.82, 2.24) is 5.32 Å². The van der Waals surface area contributed by atoms with E-state index in [9.17, 15) is 4.79 Å². The van der Waals surface area contributed by atoms with E-state index < -0.39 is 0 Å². The third-order valence-electron chi connectivity index (χ3n) is 4.02. The van der Waals surface area contributed by atoms with Crippen molar-refractivity contribution in [3.63, 3.8) is 0 Å². The van der Waals surface area contributed by atoms with E-state index in [2.05, 4.69) is 42.3 Å². The van der Waals surface area contributed by atoms with Crippen molar-refractivity contribution in [3.05, 3.63) is 28.6 Å². The summed E-state index contributed by atoms with van der Waals surface area (Å²) in [6.45, 7) is 8.31. The Bertz CT molecular complexity index is 684. The van der Waals surface area contributed by atoms with Crippen LogP contribution in [0.2, 0.25) is 0 Å². The van der Waals surface area contributed by atoms with Gasteiger partial charge in [-0.25, -0.2) is 0 Å². The lowest BCUT2D eigenvalue weighted by atomic mass is 10.1. The molecule has 21 heavy (non-hydrogen) atoms. The van der Waals surface area contributed by atoms with Gasteiger partial charge in [0.2, 0.25) is 5.91 Å². The number of nitrogens with zero attached hydrogens (tertiary/aromatic N) is 1. The first-order valence-electron chi connectivity index (χ1n) is 7.29. The van der Waals surface area contributed by atoms with Crippen molar-refractivity contribution in [2.75, 3.05) is 18.0 Å². The summed E-state index contributed by atoms with van der Waals surface area (Å²) in [6, 6.07) is 7.29. The minimum Gasteiger partial charge on any atom is -0.368 e. The average molecular weight is 303 g/mol. The van der Waals surface area contributed by atoms with Crippen LogP contribution >= 0.6 is 11.3 Å². The van der Waals surface area contributed by atoms with Gasteiger partial charge in [0.05, 0.1) is 5.56 Å². The van der Waals surface area contributed by atoms with E-state index >= 15 is 0 Å². The summed E-state index contributed by atoms with van der Waals surface area (Å²) in [5.41, 5.74) is 7.39.